The molecule has 2 heterocycles. The van der Waals surface area contributed by atoms with Gasteiger partial charge in [-0.3, -0.25) is 4.79 Å². The fourth-order valence-corrected chi connectivity index (χ4v) is 2.88. The van der Waals surface area contributed by atoms with Gasteiger partial charge >= 0.3 is 5.97 Å². The van der Waals surface area contributed by atoms with Gasteiger partial charge in [0.05, 0.1) is 18.8 Å². The Labute approximate surface area is 120 Å². The summed E-state index contributed by atoms with van der Waals surface area (Å²) in [7, 11) is 1.30. The highest BCUT2D eigenvalue weighted by Crippen LogP contribution is 2.31. The largest absolute Gasteiger partial charge is 0.465 e. The molecule has 0 spiro atoms. The molecule has 0 amide bonds. The number of hydrogen-bond acceptors (Lipinski definition) is 5. The van der Waals surface area contributed by atoms with Gasteiger partial charge in [-0.15, -0.1) is 0 Å². The Morgan fingerprint density at radius 3 is 2.76 bits per heavy atom. The second kappa shape index (κ2) is 5.33. The summed E-state index contributed by atoms with van der Waals surface area (Å²) in [6.07, 6.45) is 6.20. The van der Waals surface area contributed by atoms with Crippen molar-refractivity contribution in [2.75, 3.05) is 7.11 Å². The van der Waals surface area contributed by atoms with Crippen LogP contribution in [0.25, 0.3) is 11.3 Å². The average molecular weight is 291 g/mol. The standard InChI is InChI=1S/C14H17N3O4/c1-21-14(20)11-7-17(8-2-4-9(18)5-3-8)6-10-12(11)15-16-13(10)19/h6-9,18H,2-5H2,1H3,(H,16,19). The van der Waals surface area contributed by atoms with Crippen LogP contribution in [0.4, 0.5) is 0 Å². The van der Waals surface area contributed by atoms with Gasteiger partial charge in [0.25, 0.3) is 5.56 Å². The van der Waals surface area contributed by atoms with Crippen LogP contribution in [0.2, 0.25) is 0 Å². The van der Waals surface area contributed by atoms with Crippen molar-refractivity contribution in [3.05, 3.63) is 28.3 Å². The molecule has 112 valence electrons. The fourth-order valence-electron chi connectivity index (χ4n) is 2.88. The van der Waals surface area contributed by atoms with Crippen LogP contribution in [0.15, 0.2) is 17.2 Å². The highest BCUT2D eigenvalue weighted by molar-refractivity contribution is 5.95. The molecule has 3 aliphatic rings. The molecule has 3 rings (SSSR count). The zero-order chi connectivity index (χ0) is 15.0. The number of carbonyl (C=O) groups is 1. The smallest absolute Gasteiger partial charge is 0.341 e. The van der Waals surface area contributed by atoms with Gasteiger partial charge in [0.1, 0.15) is 11.3 Å². The summed E-state index contributed by atoms with van der Waals surface area (Å²) in [4.78, 5) is 23.7. The number of pyridine rings is 1. The Hall–Kier alpha value is -2.15. The summed E-state index contributed by atoms with van der Waals surface area (Å²) in [5.41, 5.74) is 0.669. The lowest BCUT2D eigenvalue weighted by atomic mass is 9.92. The molecule has 7 nitrogen and oxygen atoms in total. The van der Waals surface area contributed by atoms with Crippen molar-refractivity contribution >= 4 is 5.97 Å². The Bertz CT molecular complexity index is 682. The summed E-state index contributed by atoms with van der Waals surface area (Å²) < 4.78 is 6.64. The molecule has 0 unspecified atom stereocenters. The number of rotatable bonds is 2. The molecule has 1 saturated carbocycles. The first-order valence-corrected chi connectivity index (χ1v) is 6.96. The molecule has 0 saturated heterocycles. The van der Waals surface area contributed by atoms with Crippen molar-refractivity contribution in [1.82, 2.24) is 14.8 Å². The molecule has 1 aliphatic carbocycles. The van der Waals surface area contributed by atoms with Crippen LogP contribution >= 0.6 is 0 Å². The summed E-state index contributed by atoms with van der Waals surface area (Å²) in [6, 6.07) is 0.163. The number of H-pyrrole nitrogens is 1. The van der Waals surface area contributed by atoms with Crippen LogP contribution in [0, 0.1) is 0 Å². The highest BCUT2D eigenvalue weighted by Gasteiger charge is 2.26. The fraction of sp³-hybridized carbons (Fsp3) is 0.500. The molecule has 0 aromatic heterocycles. The molecule has 21 heavy (non-hydrogen) atoms. The average Bonchev–Trinajstić information content (AvgIpc) is 2.88. The normalized spacial score (nSPS) is 22.4. The topological polar surface area (TPSA) is 97.2 Å². The molecular formula is C14H17N3O4. The van der Waals surface area contributed by atoms with Gasteiger partial charge in [0.2, 0.25) is 0 Å². The first-order chi connectivity index (χ1) is 10.1. The summed E-state index contributed by atoms with van der Waals surface area (Å²) in [5.74, 6) is -0.517. The highest BCUT2D eigenvalue weighted by atomic mass is 16.5. The van der Waals surface area contributed by atoms with E-state index >= 15 is 0 Å². The minimum absolute atomic E-state index is 0.163. The van der Waals surface area contributed by atoms with E-state index in [1.165, 1.54) is 7.11 Å². The van der Waals surface area contributed by atoms with E-state index in [1.54, 1.807) is 12.4 Å². The molecule has 0 aromatic rings. The summed E-state index contributed by atoms with van der Waals surface area (Å²) in [6.45, 7) is 0. The van der Waals surface area contributed by atoms with Crippen LogP contribution in [0.3, 0.4) is 0 Å². The van der Waals surface area contributed by atoms with Gasteiger partial charge in [-0.2, -0.15) is 5.10 Å². The lowest BCUT2D eigenvalue weighted by molar-refractivity contribution is 0.0599. The molecule has 0 radical (unpaired) electrons. The van der Waals surface area contributed by atoms with Gasteiger partial charge in [-0.25, -0.2) is 9.89 Å². The number of methoxy groups -OCH3 is 1. The van der Waals surface area contributed by atoms with E-state index in [4.69, 9.17) is 4.74 Å². The number of aliphatic hydroxyl groups excluding tert-OH is 1. The number of carbonyl (C=O) groups excluding carboxylic acids is 1. The van der Waals surface area contributed by atoms with Crippen molar-refractivity contribution in [2.45, 2.75) is 37.8 Å². The van der Waals surface area contributed by atoms with Crippen LogP contribution in [0.1, 0.15) is 42.1 Å². The molecule has 0 aromatic carbocycles. The van der Waals surface area contributed by atoms with Crippen molar-refractivity contribution < 1.29 is 14.6 Å². The lowest BCUT2D eigenvalue weighted by Crippen LogP contribution is -2.22. The Balaban J connectivity index is 2.06. The van der Waals surface area contributed by atoms with Crippen molar-refractivity contribution in [1.29, 1.82) is 0 Å². The van der Waals surface area contributed by atoms with Gasteiger partial charge in [0, 0.05) is 18.4 Å². The van der Waals surface area contributed by atoms with E-state index in [2.05, 4.69) is 10.2 Å². The van der Waals surface area contributed by atoms with Crippen LogP contribution in [-0.4, -0.2) is 39.1 Å². The zero-order valence-corrected chi connectivity index (χ0v) is 11.7. The van der Waals surface area contributed by atoms with E-state index in [1.807, 2.05) is 4.57 Å². The maximum Gasteiger partial charge on any atom is 0.341 e. The molecular weight excluding hydrogens is 274 g/mol. The number of nitrogens with one attached hydrogen (secondary N) is 1. The molecule has 7 heteroatoms. The van der Waals surface area contributed by atoms with Crippen molar-refractivity contribution in [2.24, 2.45) is 0 Å². The van der Waals surface area contributed by atoms with Gasteiger partial charge in [-0.1, -0.05) is 0 Å². The lowest BCUT2D eigenvalue weighted by Gasteiger charge is -2.28. The van der Waals surface area contributed by atoms with Gasteiger partial charge < -0.3 is 14.4 Å². The molecule has 1 fully saturated rings. The van der Waals surface area contributed by atoms with Crippen LogP contribution in [-0.2, 0) is 4.74 Å². The minimum atomic E-state index is -0.517. The quantitative estimate of drug-likeness (QED) is 0.802. The second-order valence-corrected chi connectivity index (χ2v) is 5.39. The first-order valence-electron chi connectivity index (χ1n) is 6.96. The zero-order valence-electron chi connectivity index (χ0n) is 11.7. The number of esters is 1. The first kappa shape index (κ1) is 13.8. The summed E-state index contributed by atoms with van der Waals surface area (Å²) in [5, 5.41) is 15.8. The number of aromatic nitrogens is 3. The third-order valence-corrected chi connectivity index (χ3v) is 4.07. The van der Waals surface area contributed by atoms with Gasteiger partial charge in [-0.05, 0) is 25.7 Å². The number of aromatic amines is 1. The minimum Gasteiger partial charge on any atom is -0.465 e. The molecule has 0 atom stereocenters. The number of hydrogen-bond donors (Lipinski definition) is 2. The van der Waals surface area contributed by atoms with Gasteiger partial charge in [0.15, 0.2) is 0 Å². The van der Waals surface area contributed by atoms with E-state index in [9.17, 15) is 14.7 Å². The van der Waals surface area contributed by atoms with E-state index < -0.39 is 5.97 Å². The molecule has 2 aliphatic heterocycles. The third kappa shape index (κ3) is 2.44. The predicted octanol–water partition coefficient (Wildman–Crippen LogP) is 0.939. The monoisotopic (exact) mass is 291 g/mol. The third-order valence-electron chi connectivity index (χ3n) is 4.07. The SMILES string of the molecule is COC(=O)c1cn(C2CCC(O)CC2)cc2c(=O)[nH]nc1-2. The Kier molecular flexibility index (Phi) is 3.50. The maximum atomic E-state index is 11.9. The van der Waals surface area contributed by atoms with Crippen LogP contribution < -0.4 is 5.56 Å². The number of aliphatic hydroxyl groups is 1. The van der Waals surface area contributed by atoms with Crippen molar-refractivity contribution in [3.8, 4) is 11.3 Å². The maximum absolute atomic E-state index is 11.9. The van der Waals surface area contributed by atoms with E-state index in [0.717, 1.165) is 25.7 Å². The van der Waals surface area contributed by atoms with Crippen LogP contribution in [0.5, 0.6) is 0 Å². The van der Waals surface area contributed by atoms with E-state index in [0.29, 0.717) is 11.3 Å². The Morgan fingerprint density at radius 2 is 2.10 bits per heavy atom. The van der Waals surface area contributed by atoms with E-state index in [-0.39, 0.29) is 23.3 Å². The second-order valence-electron chi connectivity index (χ2n) is 5.39. The number of nitrogens with zero attached hydrogens (tertiary/aromatic N) is 2. The summed E-state index contributed by atoms with van der Waals surface area (Å²) >= 11 is 0. The number of ether oxygens (including phenoxy) is 1. The molecule has 0 bridgehead atoms. The predicted molar refractivity (Wildman–Crippen MR) is 74.3 cm³/mol. The van der Waals surface area contributed by atoms with Crippen molar-refractivity contribution in [3.63, 3.8) is 0 Å². The molecule has 2 N–H and O–H groups in total. The Morgan fingerprint density at radius 1 is 1.38 bits per heavy atom. The number of fused-ring (bicyclic) bond motifs is 1.